The summed E-state index contributed by atoms with van der Waals surface area (Å²) >= 11 is 6.02. The van der Waals surface area contributed by atoms with Crippen molar-refractivity contribution in [3.63, 3.8) is 0 Å². The van der Waals surface area contributed by atoms with Crippen molar-refractivity contribution < 1.29 is 9.53 Å². The molecule has 0 aliphatic heterocycles. The van der Waals surface area contributed by atoms with E-state index in [1.165, 1.54) is 7.11 Å². The molecule has 0 spiro atoms. The summed E-state index contributed by atoms with van der Waals surface area (Å²) in [6.45, 7) is 5.97. The smallest absolute Gasteiger partial charge is 0.329 e. The second-order valence-electron chi connectivity index (χ2n) is 5.19. The fourth-order valence-corrected chi connectivity index (χ4v) is 2.69. The van der Waals surface area contributed by atoms with E-state index in [4.69, 9.17) is 16.3 Å². The summed E-state index contributed by atoms with van der Waals surface area (Å²) in [4.78, 5) is 16.7. The van der Waals surface area contributed by atoms with Crippen LogP contribution in [0, 0.1) is 12.8 Å². The molecule has 20 heavy (non-hydrogen) atoms. The van der Waals surface area contributed by atoms with E-state index in [1.54, 1.807) is 0 Å². The fraction of sp³-hybridized carbons (Fsp3) is 0.467. The van der Waals surface area contributed by atoms with E-state index in [9.17, 15) is 4.79 Å². The molecule has 0 aliphatic carbocycles. The quantitative estimate of drug-likeness (QED) is 0.641. The molecule has 0 bridgehead atoms. The Bertz CT molecular complexity index is 634. The van der Waals surface area contributed by atoms with Gasteiger partial charge in [0.25, 0.3) is 0 Å². The van der Waals surface area contributed by atoms with Gasteiger partial charge in [0.1, 0.15) is 11.9 Å². The number of methoxy groups -OCH3 is 1. The Balaban J connectivity index is 2.73. The summed E-state index contributed by atoms with van der Waals surface area (Å²) in [5.41, 5.74) is 2.88. The number of fused-ring (bicyclic) bond motifs is 1. The van der Waals surface area contributed by atoms with Crippen LogP contribution in [0.5, 0.6) is 0 Å². The van der Waals surface area contributed by atoms with Crippen molar-refractivity contribution in [2.75, 3.05) is 7.11 Å². The van der Waals surface area contributed by atoms with Crippen LogP contribution in [-0.2, 0) is 15.4 Å². The number of rotatable bonds is 4. The van der Waals surface area contributed by atoms with Gasteiger partial charge in [-0.05, 0) is 24.5 Å². The number of aromatic nitrogens is 2. The number of carbonyl (C=O) groups excluding carboxylic acids is 1. The standard InChI is InChI=1S/C15H19ClN2O2/c1-9(2)14(15(19)20-4)18-11-7-5-6-10(3)13(11)17-12(18)8-16/h5-7,9,14H,8H2,1-4H3. The first kappa shape index (κ1) is 14.9. The second kappa shape index (κ2) is 5.83. The molecule has 1 atom stereocenters. The topological polar surface area (TPSA) is 44.1 Å². The Hall–Kier alpha value is -1.55. The van der Waals surface area contributed by atoms with E-state index < -0.39 is 6.04 Å². The van der Waals surface area contributed by atoms with Gasteiger partial charge >= 0.3 is 5.97 Å². The average Bonchev–Trinajstić information content (AvgIpc) is 2.79. The Morgan fingerprint density at radius 1 is 1.45 bits per heavy atom. The molecule has 0 radical (unpaired) electrons. The molecule has 1 heterocycles. The maximum absolute atomic E-state index is 12.1. The molecule has 0 saturated heterocycles. The number of carbonyl (C=O) groups is 1. The predicted molar refractivity (Wildman–Crippen MR) is 79.9 cm³/mol. The average molecular weight is 295 g/mol. The van der Waals surface area contributed by atoms with Gasteiger partial charge in [0.2, 0.25) is 0 Å². The summed E-state index contributed by atoms with van der Waals surface area (Å²) in [6, 6.07) is 5.51. The van der Waals surface area contributed by atoms with E-state index in [-0.39, 0.29) is 17.8 Å². The number of ether oxygens (including phenoxy) is 1. The first-order chi connectivity index (χ1) is 9.51. The van der Waals surface area contributed by atoms with Gasteiger partial charge in [-0.15, -0.1) is 11.6 Å². The number of benzene rings is 1. The maximum atomic E-state index is 12.1. The van der Waals surface area contributed by atoms with Crippen molar-refractivity contribution in [3.8, 4) is 0 Å². The number of aryl methyl sites for hydroxylation is 1. The molecule has 0 saturated carbocycles. The highest BCUT2D eigenvalue weighted by molar-refractivity contribution is 6.17. The van der Waals surface area contributed by atoms with Gasteiger partial charge in [0.15, 0.2) is 0 Å². The first-order valence-electron chi connectivity index (χ1n) is 6.61. The molecule has 4 nitrogen and oxygen atoms in total. The third-order valence-corrected chi connectivity index (χ3v) is 3.71. The summed E-state index contributed by atoms with van der Waals surface area (Å²) in [7, 11) is 1.41. The maximum Gasteiger partial charge on any atom is 0.329 e. The lowest BCUT2D eigenvalue weighted by Crippen LogP contribution is -2.27. The van der Waals surface area contributed by atoms with Gasteiger partial charge in [-0.2, -0.15) is 0 Å². The molecule has 0 fully saturated rings. The summed E-state index contributed by atoms with van der Waals surface area (Å²) in [5, 5.41) is 0. The highest BCUT2D eigenvalue weighted by Gasteiger charge is 2.29. The fourth-order valence-electron chi connectivity index (χ4n) is 2.51. The van der Waals surface area contributed by atoms with E-state index in [0.717, 1.165) is 16.6 Å². The summed E-state index contributed by atoms with van der Waals surface area (Å²) < 4.78 is 6.85. The third-order valence-electron chi connectivity index (χ3n) is 3.47. The highest BCUT2D eigenvalue weighted by Crippen LogP contribution is 2.29. The molecule has 2 rings (SSSR count). The number of para-hydroxylation sites is 1. The van der Waals surface area contributed by atoms with Crippen molar-refractivity contribution >= 4 is 28.6 Å². The van der Waals surface area contributed by atoms with Crippen LogP contribution in [0.1, 0.15) is 31.3 Å². The van der Waals surface area contributed by atoms with Gasteiger partial charge in [-0.3, -0.25) is 0 Å². The lowest BCUT2D eigenvalue weighted by atomic mass is 10.0. The minimum atomic E-state index is -0.416. The minimum Gasteiger partial charge on any atom is -0.467 e. The lowest BCUT2D eigenvalue weighted by Gasteiger charge is -2.22. The van der Waals surface area contributed by atoms with Crippen LogP contribution >= 0.6 is 11.6 Å². The van der Waals surface area contributed by atoms with Crippen LogP contribution in [-0.4, -0.2) is 22.6 Å². The molecule has 0 amide bonds. The molecule has 108 valence electrons. The van der Waals surface area contributed by atoms with E-state index in [1.807, 2.05) is 43.5 Å². The largest absolute Gasteiger partial charge is 0.467 e. The molecule has 2 aromatic rings. The molecule has 1 unspecified atom stereocenters. The van der Waals surface area contributed by atoms with Crippen molar-refractivity contribution in [2.24, 2.45) is 5.92 Å². The van der Waals surface area contributed by atoms with Gasteiger partial charge in [-0.25, -0.2) is 9.78 Å². The summed E-state index contributed by atoms with van der Waals surface area (Å²) in [5.74, 6) is 0.767. The van der Waals surface area contributed by atoms with Crippen LogP contribution in [0.4, 0.5) is 0 Å². The van der Waals surface area contributed by atoms with E-state index in [0.29, 0.717) is 5.82 Å². The number of imidazole rings is 1. The van der Waals surface area contributed by atoms with Crippen molar-refractivity contribution in [1.29, 1.82) is 0 Å². The predicted octanol–water partition coefficient (Wildman–Crippen LogP) is 3.45. The zero-order chi connectivity index (χ0) is 14.9. The van der Waals surface area contributed by atoms with Crippen LogP contribution in [0.3, 0.4) is 0 Å². The Morgan fingerprint density at radius 3 is 2.70 bits per heavy atom. The summed E-state index contributed by atoms with van der Waals surface area (Å²) in [6.07, 6.45) is 0. The van der Waals surface area contributed by atoms with Crippen LogP contribution in [0.15, 0.2) is 18.2 Å². The van der Waals surface area contributed by atoms with Crippen molar-refractivity contribution in [2.45, 2.75) is 32.7 Å². The first-order valence-corrected chi connectivity index (χ1v) is 7.15. The Labute approximate surface area is 123 Å². The number of nitrogens with zero attached hydrogens (tertiary/aromatic N) is 2. The number of esters is 1. The lowest BCUT2D eigenvalue weighted by molar-refractivity contribution is -0.145. The van der Waals surface area contributed by atoms with Gasteiger partial charge in [-0.1, -0.05) is 26.0 Å². The van der Waals surface area contributed by atoms with Crippen LogP contribution in [0.25, 0.3) is 11.0 Å². The third kappa shape index (κ3) is 2.40. The molecular formula is C15H19ClN2O2. The highest BCUT2D eigenvalue weighted by atomic mass is 35.5. The molecule has 0 N–H and O–H groups in total. The molecule has 1 aromatic carbocycles. The number of alkyl halides is 1. The zero-order valence-corrected chi connectivity index (χ0v) is 12.9. The van der Waals surface area contributed by atoms with Gasteiger partial charge < -0.3 is 9.30 Å². The molecule has 0 aliphatic rings. The molecular weight excluding hydrogens is 276 g/mol. The monoisotopic (exact) mass is 294 g/mol. The second-order valence-corrected chi connectivity index (χ2v) is 5.45. The normalized spacial score (nSPS) is 12.9. The Morgan fingerprint density at radius 2 is 2.15 bits per heavy atom. The minimum absolute atomic E-state index is 0.0855. The van der Waals surface area contributed by atoms with Crippen LogP contribution in [0.2, 0.25) is 0 Å². The van der Waals surface area contributed by atoms with Crippen molar-refractivity contribution in [1.82, 2.24) is 9.55 Å². The zero-order valence-electron chi connectivity index (χ0n) is 12.2. The number of halogens is 1. The number of hydrogen-bond donors (Lipinski definition) is 0. The van der Waals surface area contributed by atoms with Gasteiger partial charge in [0.05, 0.1) is 24.0 Å². The van der Waals surface area contributed by atoms with E-state index >= 15 is 0 Å². The van der Waals surface area contributed by atoms with E-state index in [2.05, 4.69) is 4.98 Å². The Kier molecular flexibility index (Phi) is 4.33. The van der Waals surface area contributed by atoms with Crippen molar-refractivity contribution in [3.05, 3.63) is 29.6 Å². The SMILES string of the molecule is COC(=O)C(C(C)C)n1c(CCl)nc2c(C)cccc21. The number of hydrogen-bond acceptors (Lipinski definition) is 3. The van der Waals surface area contributed by atoms with Gasteiger partial charge in [0, 0.05) is 0 Å². The molecule has 5 heteroatoms. The molecule has 1 aromatic heterocycles. The van der Waals surface area contributed by atoms with Crippen LogP contribution < -0.4 is 0 Å².